The highest BCUT2D eigenvalue weighted by Gasteiger charge is 2.10. The Balaban J connectivity index is 2.21. The van der Waals surface area contributed by atoms with Crippen LogP contribution < -0.4 is 5.32 Å². The van der Waals surface area contributed by atoms with Crippen molar-refractivity contribution in [1.29, 1.82) is 0 Å². The van der Waals surface area contributed by atoms with Crippen molar-refractivity contribution in [3.8, 4) is 0 Å². The van der Waals surface area contributed by atoms with Gasteiger partial charge in [0.15, 0.2) is 0 Å². The Hall–Kier alpha value is -1.84. The lowest BCUT2D eigenvalue weighted by Crippen LogP contribution is -2.25. The van der Waals surface area contributed by atoms with Crippen LogP contribution >= 0.6 is 0 Å². The molecule has 0 bridgehead atoms. The van der Waals surface area contributed by atoms with E-state index in [9.17, 15) is 0 Å². The van der Waals surface area contributed by atoms with Crippen LogP contribution in [0, 0.1) is 0 Å². The average Bonchev–Trinajstić information content (AvgIpc) is 2.85. The zero-order valence-electron chi connectivity index (χ0n) is 7.64. The molecule has 0 radical (unpaired) electrons. The first-order valence-electron chi connectivity index (χ1n) is 4.66. The second-order valence-corrected chi connectivity index (χ2v) is 3.24. The largest absolute Gasteiger partial charge is 0.354 e. The third-order valence-corrected chi connectivity index (χ3v) is 2.34. The SMILES string of the molecule is c1ccc2c(c1)ncn2C1=NCCN1. The molecule has 1 aliphatic rings. The van der Waals surface area contributed by atoms with E-state index in [4.69, 9.17) is 0 Å². The number of aromatic nitrogens is 2. The molecule has 2 aromatic rings. The summed E-state index contributed by atoms with van der Waals surface area (Å²) in [6.07, 6.45) is 1.81. The third-order valence-electron chi connectivity index (χ3n) is 2.34. The second kappa shape index (κ2) is 2.83. The molecule has 1 aromatic heterocycles. The number of hydrogen-bond acceptors (Lipinski definition) is 3. The molecule has 0 amide bonds. The lowest BCUT2D eigenvalue weighted by molar-refractivity contribution is 0.942. The highest BCUT2D eigenvalue weighted by molar-refractivity contribution is 5.92. The average molecular weight is 186 g/mol. The molecule has 1 aromatic carbocycles. The number of nitrogens with zero attached hydrogens (tertiary/aromatic N) is 3. The molecule has 4 heteroatoms. The van der Waals surface area contributed by atoms with E-state index < -0.39 is 0 Å². The Morgan fingerprint density at radius 1 is 1.29 bits per heavy atom. The van der Waals surface area contributed by atoms with Gasteiger partial charge in [0.05, 0.1) is 17.6 Å². The van der Waals surface area contributed by atoms with Crippen LogP contribution in [-0.2, 0) is 0 Å². The van der Waals surface area contributed by atoms with Gasteiger partial charge in [0.2, 0.25) is 5.96 Å². The van der Waals surface area contributed by atoms with Crippen molar-refractivity contribution in [1.82, 2.24) is 14.9 Å². The van der Waals surface area contributed by atoms with E-state index >= 15 is 0 Å². The smallest absolute Gasteiger partial charge is 0.204 e. The number of imidazole rings is 1. The minimum Gasteiger partial charge on any atom is -0.354 e. The molecule has 0 unspecified atom stereocenters. The molecular formula is C10H10N4. The van der Waals surface area contributed by atoms with Crippen molar-refractivity contribution in [3.05, 3.63) is 30.6 Å². The molecule has 0 atom stereocenters. The number of nitrogens with one attached hydrogen (secondary N) is 1. The first kappa shape index (κ1) is 7.55. The number of fused-ring (bicyclic) bond motifs is 1. The van der Waals surface area contributed by atoms with Crippen LogP contribution in [0.4, 0.5) is 0 Å². The fourth-order valence-corrected chi connectivity index (χ4v) is 1.67. The lowest BCUT2D eigenvalue weighted by Gasteiger charge is -2.03. The molecular weight excluding hydrogens is 176 g/mol. The van der Waals surface area contributed by atoms with E-state index in [-0.39, 0.29) is 0 Å². The molecule has 70 valence electrons. The highest BCUT2D eigenvalue weighted by atomic mass is 15.3. The van der Waals surface area contributed by atoms with Gasteiger partial charge in [0.25, 0.3) is 0 Å². The standard InChI is InChI=1S/C10H10N4/c1-2-4-9-8(3-1)13-7-14(9)10-11-5-6-12-10/h1-4,7H,5-6H2,(H,11,12). The molecule has 0 aliphatic carbocycles. The maximum atomic E-state index is 4.36. The van der Waals surface area contributed by atoms with Crippen molar-refractivity contribution in [3.63, 3.8) is 0 Å². The van der Waals surface area contributed by atoms with Gasteiger partial charge in [-0.25, -0.2) is 4.98 Å². The van der Waals surface area contributed by atoms with Crippen LogP contribution in [0.5, 0.6) is 0 Å². The van der Waals surface area contributed by atoms with Crippen LogP contribution in [-0.4, -0.2) is 28.6 Å². The summed E-state index contributed by atoms with van der Waals surface area (Å²) in [4.78, 5) is 8.66. The normalized spacial score (nSPS) is 15.6. The number of hydrogen-bond donors (Lipinski definition) is 1. The molecule has 1 N–H and O–H groups in total. The number of rotatable bonds is 0. The fraction of sp³-hybridized carbons (Fsp3) is 0.200. The van der Waals surface area contributed by atoms with E-state index in [2.05, 4.69) is 15.3 Å². The maximum Gasteiger partial charge on any atom is 0.204 e. The van der Waals surface area contributed by atoms with Gasteiger partial charge < -0.3 is 5.32 Å². The van der Waals surface area contributed by atoms with Gasteiger partial charge in [-0.2, -0.15) is 0 Å². The topological polar surface area (TPSA) is 42.2 Å². The zero-order valence-corrected chi connectivity index (χ0v) is 7.64. The van der Waals surface area contributed by atoms with Crippen LogP contribution in [0.1, 0.15) is 0 Å². The van der Waals surface area contributed by atoms with Crippen LogP contribution in [0.25, 0.3) is 11.0 Å². The van der Waals surface area contributed by atoms with Crippen molar-refractivity contribution in [2.75, 3.05) is 13.1 Å². The molecule has 2 heterocycles. The third kappa shape index (κ3) is 1.00. The number of para-hydroxylation sites is 2. The predicted octanol–water partition coefficient (Wildman–Crippen LogP) is 0.844. The number of aliphatic imine (C=N–C) groups is 1. The second-order valence-electron chi connectivity index (χ2n) is 3.24. The van der Waals surface area contributed by atoms with Gasteiger partial charge in [0.1, 0.15) is 6.33 Å². The Kier molecular flexibility index (Phi) is 1.53. The molecule has 14 heavy (non-hydrogen) atoms. The van der Waals surface area contributed by atoms with Crippen molar-refractivity contribution in [2.24, 2.45) is 4.99 Å². The first-order chi connectivity index (χ1) is 6.95. The molecule has 0 saturated carbocycles. The Morgan fingerprint density at radius 2 is 2.21 bits per heavy atom. The highest BCUT2D eigenvalue weighted by Crippen LogP contribution is 2.11. The van der Waals surface area contributed by atoms with Crippen molar-refractivity contribution in [2.45, 2.75) is 0 Å². The summed E-state index contributed by atoms with van der Waals surface area (Å²) in [7, 11) is 0. The van der Waals surface area contributed by atoms with Gasteiger partial charge in [-0.05, 0) is 12.1 Å². The summed E-state index contributed by atoms with van der Waals surface area (Å²) in [6, 6.07) is 8.05. The monoisotopic (exact) mass is 186 g/mol. The molecule has 0 saturated heterocycles. The number of benzene rings is 1. The van der Waals surface area contributed by atoms with Gasteiger partial charge in [-0.1, -0.05) is 12.1 Å². The van der Waals surface area contributed by atoms with Gasteiger partial charge in [-0.15, -0.1) is 0 Å². The zero-order chi connectivity index (χ0) is 9.38. The molecule has 4 nitrogen and oxygen atoms in total. The van der Waals surface area contributed by atoms with E-state index in [1.807, 2.05) is 35.2 Å². The van der Waals surface area contributed by atoms with Crippen molar-refractivity contribution < 1.29 is 0 Å². The summed E-state index contributed by atoms with van der Waals surface area (Å²) in [5.41, 5.74) is 2.10. The molecule has 3 rings (SSSR count). The van der Waals surface area contributed by atoms with E-state index in [1.165, 1.54) is 0 Å². The van der Waals surface area contributed by atoms with Crippen LogP contribution in [0.2, 0.25) is 0 Å². The van der Waals surface area contributed by atoms with E-state index in [1.54, 1.807) is 0 Å². The summed E-state index contributed by atoms with van der Waals surface area (Å²) in [6.45, 7) is 1.77. The molecule has 1 aliphatic heterocycles. The van der Waals surface area contributed by atoms with Gasteiger partial charge in [-0.3, -0.25) is 9.56 Å². The van der Waals surface area contributed by atoms with Gasteiger partial charge in [0, 0.05) is 6.54 Å². The minimum absolute atomic E-state index is 0.849. The maximum absolute atomic E-state index is 4.36. The summed E-state index contributed by atoms with van der Waals surface area (Å²) in [5.74, 6) is 0.902. The van der Waals surface area contributed by atoms with Crippen LogP contribution in [0.3, 0.4) is 0 Å². The minimum atomic E-state index is 0.849. The quantitative estimate of drug-likeness (QED) is 0.662. The lowest BCUT2D eigenvalue weighted by atomic mass is 10.3. The Bertz CT molecular complexity index is 498. The first-order valence-corrected chi connectivity index (χ1v) is 4.66. The van der Waals surface area contributed by atoms with E-state index in [0.29, 0.717) is 0 Å². The Labute approximate surface area is 81.3 Å². The summed E-state index contributed by atoms with van der Waals surface area (Å²) < 4.78 is 1.99. The molecule has 0 spiro atoms. The summed E-state index contributed by atoms with van der Waals surface area (Å²) >= 11 is 0. The van der Waals surface area contributed by atoms with Crippen molar-refractivity contribution >= 4 is 17.0 Å². The predicted molar refractivity (Wildman–Crippen MR) is 55.4 cm³/mol. The molecule has 0 fully saturated rings. The summed E-state index contributed by atoms with van der Waals surface area (Å²) in [5, 5.41) is 3.22. The Morgan fingerprint density at radius 3 is 3.07 bits per heavy atom. The van der Waals surface area contributed by atoms with Crippen LogP contribution in [0.15, 0.2) is 35.6 Å². The fourth-order valence-electron chi connectivity index (χ4n) is 1.67. The van der Waals surface area contributed by atoms with E-state index in [0.717, 1.165) is 30.1 Å². The van der Waals surface area contributed by atoms with Gasteiger partial charge >= 0.3 is 0 Å².